The fraction of sp³-hybridized carbons (Fsp3) is 0.389. The van der Waals surface area contributed by atoms with E-state index in [1.54, 1.807) is 12.1 Å². The normalized spacial score (nSPS) is 15.7. The van der Waals surface area contributed by atoms with Crippen molar-refractivity contribution in [3.05, 3.63) is 44.1 Å². The first-order chi connectivity index (χ1) is 12.8. The molecule has 2 aromatic rings. The number of methoxy groups -OCH3 is 3. The van der Waals surface area contributed by atoms with Crippen molar-refractivity contribution >= 4 is 11.7 Å². The lowest BCUT2D eigenvalue weighted by molar-refractivity contribution is -0.116. The molecular formula is C18H21N3O6. The van der Waals surface area contributed by atoms with Gasteiger partial charge >= 0.3 is 5.69 Å². The number of fused-ring (bicyclic) bond motifs is 1. The Hall–Kier alpha value is -3.23. The molecule has 0 aliphatic carbocycles. The van der Waals surface area contributed by atoms with Gasteiger partial charge < -0.3 is 19.5 Å². The number of anilines is 1. The number of benzene rings is 1. The van der Waals surface area contributed by atoms with E-state index >= 15 is 0 Å². The summed E-state index contributed by atoms with van der Waals surface area (Å²) in [5.41, 5.74) is 0.0289. The minimum atomic E-state index is -0.562. The molecule has 3 rings (SSSR count). The van der Waals surface area contributed by atoms with Crippen LogP contribution in [0.5, 0.6) is 17.2 Å². The second kappa shape index (κ2) is 6.82. The molecular weight excluding hydrogens is 354 g/mol. The van der Waals surface area contributed by atoms with E-state index in [0.29, 0.717) is 28.4 Å². The molecule has 0 saturated heterocycles. The summed E-state index contributed by atoms with van der Waals surface area (Å²) in [6, 6.07) is 3.41. The summed E-state index contributed by atoms with van der Waals surface area (Å²) in [5.74, 6) is 0.607. The molecule has 0 saturated carbocycles. The first kappa shape index (κ1) is 18.6. The Morgan fingerprint density at radius 3 is 2.07 bits per heavy atom. The van der Waals surface area contributed by atoms with Gasteiger partial charge in [-0.1, -0.05) is 0 Å². The molecule has 1 aromatic carbocycles. The minimum absolute atomic E-state index is 0.0546. The molecule has 1 aliphatic rings. The van der Waals surface area contributed by atoms with Crippen LogP contribution >= 0.6 is 0 Å². The molecule has 1 N–H and O–H groups in total. The molecule has 144 valence electrons. The fourth-order valence-corrected chi connectivity index (χ4v) is 3.39. The van der Waals surface area contributed by atoms with Gasteiger partial charge in [-0.25, -0.2) is 4.79 Å². The van der Waals surface area contributed by atoms with Crippen LogP contribution in [-0.4, -0.2) is 36.4 Å². The topological polar surface area (TPSA) is 101 Å². The first-order valence-corrected chi connectivity index (χ1v) is 8.23. The van der Waals surface area contributed by atoms with Gasteiger partial charge in [0, 0.05) is 26.4 Å². The maximum absolute atomic E-state index is 12.8. The average Bonchev–Trinajstić information content (AvgIpc) is 2.68. The highest BCUT2D eigenvalue weighted by Crippen LogP contribution is 2.43. The molecule has 1 aromatic heterocycles. The van der Waals surface area contributed by atoms with Crippen LogP contribution in [-0.2, 0) is 18.9 Å². The molecule has 0 radical (unpaired) electrons. The van der Waals surface area contributed by atoms with Crippen LogP contribution < -0.4 is 30.8 Å². The molecule has 2 heterocycles. The Morgan fingerprint density at radius 2 is 1.56 bits per heavy atom. The summed E-state index contributed by atoms with van der Waals surface area (Å²) >= 11 is 0. The number of hydrogen-bond acceptors (Lipinski definition) is 6. The molecule has 27 heavy (non-hydrogen) atoms. The van der Waals surface area contributed by atoms with E-state index in [-0.39, 0.29) is 18.1 Å². The fourth-order valence-electron chi connectivity index (χ4n) is 3.39. The highest BCUT2D eigenvalue weighted by molar-refractivity contribution is 5.94. The van der Waals surface area contributed by atoms with Crippen LogP contribution in [0, 0.1) is 0 Å². The first-order valence-electron chi connectivity index (χ1n) is 8.23. The Labute approximate surface area is 155 Å². The molecule has 9 nitrogen and oxygen atoms in total. The largest absolute Gasteiger partial charge is 0.493 e. The van der Waals surface area contributed by atoms with Gasteiger partial charge in [0.1, 0.15) is 5.82 Å². The van der Waals surface area contributed by atoms with E-state index in [1.165, 1.54) is 40.0 Å². The van der Waals surface area contributed by atoms with Crippen LogP contribution in [0.2, 0.25) is 0 Å². The predicted octanol–water partition coefficient (Wildman–Crippen LogP) is 0.584. The van der Waals surface area contributed by atoms with Crippen molar-refractivity contribution < 1.29 is 19.0 Å². The Balaban J connectivity index is 2.31. The van der Waals surface area contributed by atoms with Crippen molar-refractivity contribution in [3.8, 4) is 17.2 Å². The number of aromatic nitrogens is 2. The number of amides is 1. The third-order valence-corrected chi connectivity index (χ3v) is 4.78. The van der Waals surface area contributed by atoms with Gasteiger partial charge in [0.15, 0.2) is 11.5 Å². The van der Waals surface area contributed by atoms with Gasteiger partial charge in [0.05, 0.1) is 26.9 Å². The van der Waals surface area contributed by atoms with Gasteiger partial charge in [-0.05, 0) is 17.7 Å². The Bertz CT molecular complexity index is 1010. The molecule has 1 aliphatic heterocycles. The summed E-state index contributed by atoms with van der Waals surface area (Å²) in [4.78, 5) is 37.3. The lowest BCUT2D eigenvalue weighted by Gasteiger charge is -2.28. The maximum atomic E-state index is 12.8. The van der Waals surface area contributed by atoms with Gasteiger partial charge in [-0.3, -0.25) is 18.7 Å². The quantitative estimate of drug-likeness (QED) is 0.839. The van der Waals surface area contributed by atoms with Crippen LogP contribution in [0.25, 0.3) is 0 Å². The summed E-state index contributed by atoms with van der Waals surface area (Å²) < 4.78 is 18.4. The molecule has 0 fully saturated rings. The van der Waals surface area contributed by atoms with E-state index < -0.39 is 17.2 Å². The molecule has 1 unspecified atom stereocenters. The number of ether oxygens (including phenoxy) is 3. The van der Waals surface area contributed by atoms with Crippen molar-refractivity contribution in [2.75, 3.05) is 26.6 Å². The monoisotopic (exact) mass is 375 g/mol. The van der Waals surface area contributed by atoms with Crippen LogP contribution in [0.4, 0.5) is 5.82 Å². The second-order valence-electron chi connectivity index (χ2n) is 6.23. The number of carbonyl (C=O) groups excluding carboxylic acids is 1. The predicted molar refractivity (Wildman–Crippen MR) is 98.1 cm³/mol. The second-order valence-corrected chi connectivity index (χ2v) is 6.23. The third kappa shape index (κ3) is 2.84. The highest BCUT2D eigenvalue weighted by atomic mass is 16.5. The van der Waals surface area contributed by atoms with Crippen molar-refractivity contribution in [2.24, 2.45) is 14.1 Å². The minimum Gasteiger partial charge on any atom is -0.493 e. The van der Waals surface area contributed by atoms with Gasteiger partial charge in [-0.15, -0.1) is 0 Å². The van der Waals surface area contributed by atoms with Crippen molar-refractivity contribution in [2.45, 2.75) is 12.3 Å². The summed E-state index contributed by atoms with van der Waals surface area (Å²) in [6.45, 7) is 0. The lowest BCUT2D eigenvalue weighted by Crippen LogP contribution is -2.44. The lowest BCUT2D eigenvalue weighted by atomic mass is 9.86. The van der Waals surface area contributed by atoms with Gasteiger partial charge in [-0.2, -0.15) is 0 Å². The maximum Gasteiger partial charge on any atom is 0.332 e. The SMILES string of the molecule is COc1cc(C2CC(=O)Nc3c2c(=O)n(C)c(=O)n3C)cc(OC)c1OC. The van der Waals surface area contributed by atoms with Crippen LogP contribution in [0.15, 0.2) is 21.7 Å². The molecule has 0 bridgehead atoms. The molecule has 1 amide bonds. The van der Waals surface area contributed by atoms with E-state index in [1.807, 2.05) is 0 Å². The summed E-state index contributed by atoms with van der Waals surface area (Å²) in [5, 5.41) is 2.64. The van der Waals surface area contributed by atoms with E-state index in [0.717, 1.165) is 4.57 Å². The number of rotatable bonds is 4. The smallest absolute Gasteiger partial charge is 0.332 e. The number of hydrogen-bond donors (Lipinski definition) is 1. The summed E-state index contributed by atoms with van der Waals surface area (Å²) in [7, 11) is 7.40. The zero-order valence-electron chi connectivity index (χ0n) is 15.8. The van der Waals surface area contributed by atoms with Gasteiger partial charge in [0.25, 0.3) is 5.56 Å². The number of carbonyl (C=O) groups is 1. The zero-order valence-corrected chi connectivity index (χ0v) is 15.8. The number of nitrogens with zero attached hydrogens (tertiary/aromatic N) is 2. The average molecular weight is 375 g/mol. The Morgan fingerprint density at radius 1 is 0.963 bits per heavy atom. The van der Waals surface area contributed by atoms with Crippen molar-refractivity contribution in [1.82, 2.24) is 9.13 Å². The third-order valence-electron chi connectivity index (χ3n) is 4.78. The van der Waals surface area contributed by atoms with E-state index in [9.17, 15) is 14.4 Å². The van der Waals surface area contributed by atoms with Crippen molar-refractivity contribution in [1.29, 1.82) is 0 Å². The Kier molecular flexibility index (Phi) is 4.69. The van der Waals surface area contributed by atoms with E-state index in [4.69, 9.17) is 14.2 Å². The molecule has 9 heteroatoms. The highest BCUT2D eigenvalue weighted by Gasteiger charge is 2.33. The summed E-state index contributed by atoms with van der Waals surface area (Å²) in [6.07, 6.45) is 0.0546. The zero-order chi connectivity index (χ0) is 19.9. The van der Waals surface area contributed by atoms with E-state index in [2.05, 4.69) is 5.32 Å². The number of nitrogens with one attached hydrogen (secondary N) is 1. The van der Waals surface area contributed by atoms with Crippen LogP contribution in [0.1, 0.15) is 23.5 Å². The van der Waals surface area contributed by atoms with Crippen molar-refractivity contribution in [3.63, 3.8) is 0 Å². The molecule has 1 atom stereocenters. The van der Waals surface area contributed by atoms with Crippen LogP contribution in [0.3, 0.4) is 0 Å². The van der Waals surface area contributed by atoms with Gasteiger partial charge in [0.2, 0.25) is 11.7 Å². The standard InChI is InChI=1S/C18H21N3O6/c1-20-16-14(17(23)21(2)18(20)24)10(8-13(22)19-16)9-6-11(25-3)15(27-5)12(7-9)26-4/h6-7,10H,8H2,1-5H3,(H,19,22). The molecule has 0 spiro atoms.